The number of nitrogens with zero attached hydrogens (tertiary/aromatic N) is 1. The summed E-state index contributed by atoms with van der Waals surface area (Å²) in [6, 6.07) is 10.8. The normalized spacial score (nSPS) is 23.6. The molecule has 2 aromatic heterocycles. The number of rotatable bonds is 11. The summed E-state index contributed by atoms with van der Waals surface area (Å²) < 4.78 is 38.8. The Bertz CT molecular complexity index is 1510. The van der Waals surface area contributed by atoms with Crippen LogP contribution < -0.4 is 20.9 Å². The van der Waals surface area contributed by atoms with Crippen molar-refractivity contribution in [3.05, 3.63) is 74.4 Å². The van der Waals surface area contributed by atoms with E-state index in [1.165, 1.54) is 6.92 Å². The van der Waals surface area contributed by atoms with Gasteiger partial charge in [0.1, 0.15) is 0 Å². The van der Waals surface area contributed by atoms with Crippen molar-refractivity contribution >= 4 is 25.4 Å². The van der Waals surface area contributed by atoms with E-state index in [0.717, 1.165) is 39.1 Å². The topological polar surface area (TPSA) is 161 Å². The van der Waals surface area contributed by atoms with Crippen molar-refractivity contribution in [1.29, 1.82) is 0 Å². The molecular formula is C27H35FN3O9PS. The first-order valence-electron chi connectivity index (χ1n) is 13.2. The Morgan fingerprint density at radius 3 is 2.50 bits per heavy atom. The van der Waals surface area contributed by atoms with Crippen molar-refractivity contribution in [2.45, 2.75) is 70.9 Å². The Kier molecular flexibility index (Phi) is 9.68. The molecule has 12 nitrogen and oxygen atoms in total. The van der Waals surface area contributed by atoms with Crippen LogP contribution in [0.3, 0.4) is 0 Å². The van der Waals surface area contributed by atoms with E-state index in [2.05, 4.69) is 5.09 Å². The van der Waals surface area contributed by atoms with E-state index in [9.17, 15) is 24.4 Å². The van der Waals surface area contributed by atoms with E-state index >= 15 is 4.39 Å². The standard InChI is InChI=1S/C27H35FN3O9PS/c1-15(2)38-24(34)17(4)30-41(36,40-19-9-7-18(8-10-19)21-11-6-16(3)42-21)37-14-20-23(33)27(5,28)25(39-20)31-13-12-22(32)29-26(31)35/h6-13,15,17,20,23,25,30,33,36,41H,14H2,1-5H3,(H,29,32,35)/t17-,20+,23+,25+,27+/m0/s1. The second-order valence-corrected chi connectivity index (χ2v) is 13.7. The van der Waals surface area contributed by atoms with E-state index in [0.29, 0.717) is 0 Å². The van der Waals surface area contributed by atoms with E-state index in [1.54, 1.807) is 49.4 Å². The minimum atomic E-state index is -4.50. The van der Waals surface area contributed by atoms with Gasteiger partial charge in [-0.3, -0.25) is 0 Å². The van der Waals surface area contributed by atoms with Crippen LogP contribution in [-0.4, -0.2) is 62.1 Å². The molecule has 15 heteroatoms. The van der Waals surface area contributed by atoms with Crippen LogP contribution in [0.15, 0.2) is 58.3 Å². The fourth-order valence-corrected chi connectivity index (χ4v) is 6.95. The van der Waals surface area contributed by atoms with Crippen LogP contribution in [0, 0.1) is 6.92 Å². The average molecular weight is 628 g/mol. The van der Waals surface area contributed by atoms with Crippen LogP contribution in [-0.2, 0) is 18.8 Å². The number of aliphatic hydroxyl groups is 1. The third-order valence-electron chi connectivity index (χ3n) is 6.50. The van der Waals surface area contributed by atoms with Crippen molar-refractivity contribution < 1.29 is 37.7 Å². The van der Waals surface area contributed by atoms with Gasteiger partial charge in [0.2, 0.25) is 0 Å². The molecule has 1 aliphatic rings. The van der Waals surface area contributed by atoms with Crippen LogP contribution in [0.2, 0.25) is 0 Å². The van der Waals surface area contributed by atoms with Gasteiger partial charge in [0, 0.05) is 0 Å². The molecule has 0 spiro atoms. The van der Waals surface area contributed by atoms with Crippen molar-refractivity contribution in [1.82, 2.24) is 14.6 Å². The number of aryl methyl sites for hydroxylation is 1. The van der Waals surface area contributed by atoms with Gasteiger partial charge in [-0.05, 0) is 0 Å². The summed E-state index contributed by atoms with van der Waals surface area (Å²) in [5, 5.41) is 13.4. The van der Waals surface area contributed by atoms with Crippen LogP contribution in [0.25, 0.3) is 10.4 Å². The summed E-state index contributed by atoms with van der Waals surface area (Å²) in [5.74, 6) is -0.448. The molecule has 0 aliphatic carbocycles. The molecule has 0 bridgehead atoms. The number of aromatic nitrogens is 2. The van der Waals surface area contributed by atoms with Gasteiger partial charge in [-0.25, -0.2) is 0 Å². The molecular weight excluding hydrogens is 592 g/mol. The number of nitrogens with one attached hydrogen (secondary N) is 2. The molecule has 1 aromatic carbocycles. The third-order valence-corrected chi connectivity index (χ3v) is 9.42. The third kappa shape index (κ3) is 7.32. The SMILES string of the molecule is Cc1ccc(-c2ccc(O[PH](O)(N[C@@H](C)C(=O)OC(C)C)OC[C@H]3O[C@@H](n4ccc(=O)[nH]c4=O)[C@](C)(F)[C@@H]3O)cc2)s1. The van der Waals surface area contributed by atoms with Crippen LogP contribution in [0.1, 0.15) is 38.8 Å². The number of ether oxygens (including phenoxy) is 2. The first kappa shape index (κ1) is 32.0. The predicted molar refractivity (Wildman–Crippen MR) is 156 cm³/mol. The van der Waals surface area contributed by atoms with E-state index in [1.807, 2.05) is 24.0 Å². The zero-order valence-electron chi connectivity index (χ0n) is 23.7. The molecule has 1 aliphatic heterocycles. The number of alkyl halides is 1. The first-order chi connectivity index (χ1) is 19.7. The molecule has 5 atom stereocenters. The van der Waals surface area contributed by atoms with Gasteiger partial charge in [-0.15, -0.1) is 0 Å². The quantitative estimate of drug-likeness (QED) is 0.184. The summed E-state index contributed by atoms with van der Waals surface area (Å²) in [6.45, 7) is 7.27. The average Bonchev–Trinajstić information content (AvgIpc) is 3.43. The van der Waals surface area contributed by atoms with Crippen LogP contribution >= 0.6 is 19.4 Å². The Morgan fingerprint density at radius 2 is 1.90 bits per heavy atom. The molecule has 230 valence electrons. The van der Waals surface area contributed by atoms with E-state index < -0.39 is 68.2 Å². The number of carbonyl (C=O) groups excluding carboxylic acids is 1. The summed E-state index contributed by atoms with van der Waals surface area (Å²) >= 11 is 1.62. The maximum absolute atomic E-state index is 15.6. The number of H-pyrrole nitrogens is 1. The van der Waals surface area contributed by atoms with Gasteiger partial charge in [-0.2, -0.15) is 0 Å². The van der Waals surface area contributed by atoms with Crippen molar-refractivity contribution in [3.63, 3.8) is 0 Å². The Hall–Kier alpha value is -2.97. The Labute approximate surface area is 245 Å². The number of thiophene rings is 1. The second-order valence-electron chi connectivity index (χ2n) is 10.4. The number of aromatic amines is 1. The van der Waals surface area contributed by atoms with Gasteiger partial charge in [0.05, 0.1) is 0 Å². The molecule has 1 fully saturated rings. The summed E-state index contributed by atoms with van der Waals surface area (Å²) in [5.41, 5.74) is -3.16. The molecule has 4 rings (SSSR count). The number of carbonyl (C=O) groups is 1. The molecule has 1 saturated heterocycles. The molecule has 0 radical (unpaired) electrons. The number of halogens is 1. The van der Waals surface area contributed by atoms with Crippen molar-refractivity contribution in [2.24, 2.45) is 0 Å². The summed E-state index contributed by atoms with van der Waals surface area (Å²) in [7, 11) is -4.50. The fourth-order valence-electron chi connectivity index (χ4n) is 4.36. The van der Waals surface area contributed by atoms with Gasteiger partial charge < -0.3 is 0 Å². The molecule has 0 saturated carbocycles. The van der Waals surface area contributed by atoms with E-state index in [4.69, 9.17) is 18.5 Å². The van der Waals surface area contributed by atoms with Crippen molar-refractivity contribution in [2.75, 3.05) is 6.61 Å². The van der Waals surface area contributed by atoms with Crippen LogP contribution in [0.4, 0.5) is 4.39 Å². The van der Waals surface area contributed by atoms with Crippen molar-refractivity contribution in [3.8, 4) is 16.2 Å². The summed E-state index contributed by atoms with van der Waals surface area (Å²) in [4.78, 5) is 51.9. The number of hydrogen-bond donors (Lipinski definition) is 4. The molecule has 0 unspecified atom stereocenters. The van der Waals surface area contributed by atoms with Gasteiger partial charge in [0.25, 0.3) is 0 Å². The first-order valence-corrected chi connectivity index (χ1v) is 15.8. The van der Waals surface area contributed by atoms with Gasteiger partial charge >= 0.3 is 246 Å². The maximum atomic E-state index is 15.6. The Morgan fingerprint density at radius 1 is 1.21 bits per heavy atom. The predicted octanol–water partition coefficient (Wildman–Crippen LogP) is 2.99. The molecule has 3 heterocycles. The Balaban J connectivity index is 1.54. The van der Waals surface area contributed by atoms with Gasteiger partial charge in [0.15, 0.2) is 0 Å². The fraction of sp³-hybridized carbons (Fsp3) is 0.444. The molecule has 42 heavy (non-hydrogen) atoms. The number of esters is 1. The van der Waals surface area contributed by atoms with Gasteiger partial charge in [-0.1, -0.05) is 0 Å². The van der Waals surface area contributed by atoms with E-state index in [-0.39, 0.29) is 5.75 Å². The zero-order chi connectivity index (χ0) is 30.8. The molecule has 4 N–H and O–H groups in total. The minimum absolute atomic E-state index is 0.221. The number of hydrogen-bond acceptors (Lipinski definition) is 11. The molecule has 3 aromatic rings. The number of benzene rings is 1. The zero-order valence-corrected chi connectivity index (χ0v) is 25.5. The van der Waals surface area contributed by atoms with Crippen LogP contribution in [0.5, 0.6) is 5.75 Å². The second kappa shape index (κ2) is 12.7. The monoisotopic (exact) mass is 627 g/mol. The number of aliphatic hydroxyl groups excluding tert-OH is 1. The molecule has 0 amide bonds. The summed E-state index contributed by atoms with van der Waals surface area (Å²) in [6.07, 6.45) is -4.13.